The van der Waals surface area contributed by atoms with Gasteiger partial charge < -0.3 is 5.73 Å². The third-order valence-corrected chi connectivity index (χ3v) is 4.36. The molecule has 1 aromatic carbocycles. The minimum absolute atomic E-state index is 0.158. The van der Waals surface area contributed by atoms with Crippen LogP contribution in [0.4, 0.5) is 0 Å². The van der Waals surface area contributed by atoms with Crippen molar-refractivity contribution in [1.29, 1.82) is 0 Å². The Morgan fingerprint density at radius 3 is 3.00 bits per heavy atom. The van der Waals surface area contributed by atoms with Gasteiger partial charge in [0, 0.05) is 12.4 Å². The maximum atomic E-state index is 5.80. The summed E-state index contributed by atoms with van der Waals surface area (Å²) in [5.74, 6) is 0. The highest BCUT2D eigenvalue weighted by Crippen LogP contribution is 2.28. The molecule has 0 bridgehead atoms. The van der Waals surface area contributed by atoms with Crippen molar-refractivity contribution in [3.8, 4) is 0 Å². The quantitative estimate of drug-likeness (QED) is 0.785. The van der Waals surface area contributed by atoms with Crippen LogP contribution in [0, 0.1) is 5.41 Å². The Kier molecular flexibility index (Phi) is 2.64. The molecule has 0 amide bonds. The molecule has 0 radical (unpaired) electrons. The first-order valence-electron chi connectivity index (χ1n) is 6.14. The van der Waals surface area contributed by atoms with Crippen molar-refractivity contribution in [3.05, 3.63) is 36.2 Å². The third-order valence-electron chi connectivity index (χ3n) is 3.33. The summed E-state index contributed by atoms with van der Waals surface area (Å²) in [5.41, 5.74) is 8.55. The van der Waals surface area contributed by atoms with Gasteiger partial charge in [0.15, 0.2) is 4.96 Å². The molecule has 18 heavy (non-hydrogen) atoms. The topological polar surface area (TPSA) is 43.3 Å². The second kappa shape index (κ2) is 4.07. The van der Waals surface area contributed by atoms with Gasteiger partial charge in [0.05, 0.1) is 10.2 Å². The number of hydrogen-bond donors (Lipinski definition) is 1. The number of imidazole rings is 1. The molecule has 0 aliphatic heterocycles. The van der Waals surface area contributed by atoms with Crippen molar-refractivity contribution >= 4 is 26.5 Å². The van der Waals surface area contributed by atoms with Gasteiger partial charge in [-0.25, -0.2) is 4.98 Å². The second-order valence-electron chi connectivity index (χ2n) is 5.53. The summed E-state index contributed by atoms with van der Waals surface area (Å²) in [6.07, 6.45) is 4.87. The predicted molar refractivity (Wildman–Crippen MR) is 77.1 cm³/mol. The molecule has 0 fully saturated rings. The second-order valence-corrected chi connectivity index (χ2v) is 6.54. The lowest BCUT2D eigenvalue weighted by Crippen LogP contribution is -2.25. The van der Waals surface area contributed by atoms with E-state index in [4.69, 9.17) is 5.73 Å². The molecular formula is C14H17N3S. The molecule has 4 heteroatoms. The van der Waals surface area contributed by atoms with Gasteiger partial charge in [0.1, 0.15) is 0 Å². The molecule has 0 aliphatic carbocycles. The van der Waals surface area contributed by atoms with E-state index >= 15 is 0 Å². The van der Waals surface area contributed by atoms with Gasteiger partial charge in [-0.3, -0.25) is 4.40 Å². The molecule has 0 atom stereocenters. The summed E-state index contributed by atoms with van der Waals surface area (Å²) in [6, 6.07) is 6.65. The number of benzene rings is 1. The monoisotopic (exact) mass is 259 g/mol. The van der Waals surface area contributed by atoms with Gasteiger partial charge >= 0.3 is 0 Å². The van der Waals surface area contributed by atoms with E-state index < -0.39 is 0 Å². The van der Waals surface area contributed by atoms with Gasteiger partial charge in [-0.1, -0.05) is 31.3 Å². The van der Waals surface area contributed by atoms with E-state index in [-0.39, 0.29) is 5.41 Å². The number of rotatable bonds is 3. The predicted octanol–water partition coefficient (Wildman–Crippen LogP) is 3.08. The number of fused-ring (bicyclic) bond motifs is 3. The van der Waals surface area contributed by atoms with Crippen LogP contribution in [0.15, 0.2) is 30.6 Å². The SMILES string of the molecule is CC(C)(CN)Cc1ccc2c(c1)sc1nccn12. The highest BCUT2D eigenvalue weighted by molar-refractivity contribution is 7.23. The highest BCUT2D eigenvalue weighted by Gasteiger charge is 2.16. The molecule has 0 spiro atoms. The zero-order chi connectivity index (χ0) is 12.8. The van der Waals surface area contributed by atoms with E-state index in [0.717, 1.165) is 11.4 Å². The number of hydrogen-bond acceptors (Lipinski definition) is 3. The smallest absolute Gasteiger partial charge is 0.194 e. The van der Waals surface area contributed by atoms with Crippen molar-refractivity contribution in [1.82, 2.24) is 9.38 Å². The van der Waals surface area contributed by atoms with Crippen molar-refractivity contribution in [3.63, 3.8) is 0 Å². The molecular weight excluding hydrogens is 242 g/mol. The zero-order valence-corrected chi connectivity index (χ0v) is 11.5. The van der Waals surface area contributed by atoms with Crippen molar-refractivity contribution in [2.24, 2.45) is 11.1 Å². The number of aromatic nitrogens is 2. The minimum atomic E-state index is 0.158. The molecule has 0 saturated heterocycles. The molecule has 2 heterocycles. The zero-order valence-electron chi connectivity index (χ0n) is 10.7. The molecule has 3 aromatic rings. The Balaban J connectivity index is 2.05. The lowest BCUT2D eigenvalue weighted by Gasteiger charge is -2.22. The van der Waals surface area contributed by atoms with Crippen LogP contribution in [0.25, 0.3) is 15.2 Å². The fraction of sp³-hybridized carbons (Fsp3) is 0.357. The number of nitrogens with zero attached hydrogens (tertiary/aromatic N) is 2. The van der Waals surface area contributed by atoms with Crippen LogP contribution >= 0.6 is 11.3 Å². The van der Waals surface area contributed by atoms with Gasteiger partial charge in [0.2, 0.25) is 0 Å². The summed E-state index contributed by atoms with van der Waals surface area (Å²) in [4.78, 5) is 5.39. The first kappa shape index (κ1) is 11.7. The summed E-state index contributed by atoms with van der Waals surface area (Å²) in [6.45, 7) is 5.12. The summed E-state index contributed by atoms with van der Waals surface area (Å²) >= 11 is 1.74. The van der Waals surface area contributed by atoms with E-state index in [0.29, 0.717) is 6.54 Å². The first-order valence-corrected chi connectivity index (χ1v) is 6.95. The van der Waals surface area contributed by atoms with Crippen LogP contribution in [0.2, 0.25) is 0 Å². The third kappa shape index (κ3) is 1.91. The fourth-order valence-corrected chi connectivity index (χ4v) is 3.27. The Labute approximate surface area is 110 Å². The summed E-state index contributed by atoms with van der Waals surface area (Å²) in [7, 11) is 0. The van der Waals surface area contributed by atoms with Gasteiger partial charge in [-0.05, 0) is 36.1 Å². The van der Waals surface area contributed by atoms with E-state index in [1.807, 2.05) is 12.4 Å². The molecule has 0 unspecified atom stereocenters. The first-order chi connectivity index (χ1) is 8.59. The molecule has 2 aromatic heterocycles. The van der Waals surface area contributed by atoms with Crippen LogP contribution < -0.4 is 5.73 Å². The van der Waals surface area contributed by atoms with Crippen LogP contribution in [0.3, 0.4) is 0 Å². The van der Waals surface area contributed by atoms with Gasteiger partial charge in [0.25, 0.3) is 0 Å². The van der Waals surface area contributed by atoms with Gasteiger partial charge in [-0.2, -0.15) is 0 Å². The van der Waals surface area contributed by atoms with Gasteiger partial charge in [-0.15, -0.1) is 0 Å². The maximum absolute atomic E-state index is 5.80. The Morgan fingerprint density at radius 1 is 1.39 bits per heavy atom. The number of nitrogens with two attached hydrogens (primary N) is 1. The van der Waals surface area contributed by atoms with Crippen molar-refractivity contribution in [2.75, 3.05) is 6.54 Å². The van der Waals surface area contributed by atoms with Crippen LogP contribution in [0.5, 0.6) is 0 Å². The van der Waals surface area contributed by atoms with Crippen LogP contribution in [-0.4, -0.2) is 15.9 Å². The molecule has 0 aliphatic rings. The number of thiazole rings is 1. The van der Waals surface area contributed by atoms with Crippen LogP contribution in [0.1, 0.15) is 19.4 Å². The lowest BCUT2D eigenvalue weighted by atomic mass is 9.86. The largest absolute Gasteiger partial charge is 0.330 e. The van der Waals surface area contributed by atoms with E-state index in [2.05, 4.69) is 41.4 Å². The van der Waals surface area contributed by atoms with Crippen molar-refractivity contribution < 1.29 is 0 Å². The minimum Gasteiger partial charge on any atom is -0.330 e. The fourth-order valence-electron chi connectivity index (χ4n) is 2.22. The molecule has 3 nitrogen and oxygen atoms in total. The Morgan fingerprint density at radius 2 is 2.22 bits per heavy atom. The summed E-state index contributed by atoms with van der Waals surface area (Å²) in [5, 5.41) is 0. The normalized spacial score (nSPS) is 12.6. The van der Waals surface area contributed by atoms with E-state index in [9.17, 15) is 0 Å². The summed E-state index contributed by atoms with van der Waals surface area (Å²) < 4.78 is 3.43. The average molecular weight is 259 g/mol. The molecule has 94 valence electrons. The lowest BCUT2D eigenvalue weighted by molar-refractivity contribution is 0.377. The van der Waals surface area contributed by atoms with Crippen molar-refractivity contribution in [2.45, 2.75) is 20.3 Å². The Bertz CT molecular complexity index is 693. The maximum Gasteiger partial charge on any atom is 0.194 e. The molecule has 0 saturated carbocycles. The van der Waals surface area contributed by atoms with E-state index in [1.165, 1.54) is 15.8 Å². The standard InChI is InChI=1S/C14H17N3S/c1-14(2,9-15)8-10-3-4-11-12(7-10)18-13-16-5-6-17(11)13/h3-7H,8-9,15H2,1-2H3. The Hall–Kier alpha value is -1.39. The van der Waals surface area contributed by atoms with E-state index in [1.54, 1.807) is 11.3 Å². The molecule has 2 N–H and O–H groups in total. The average Bonchev–Trinajstić information content (AvgIpc) is 2.88. The molecule has 3 rings (SSSR count). The van der Waals surface area contributed by atoms with Crippen LogP contribution in [-0.2, 0) is 6.42 Å². The highest BCUT2D eigenvalue weighted by atomic mass is 32.1.